The molecule has 0 atom stereocenters. The largest absolute Gasteiger partial charge is 0.490 e. The summed E-state index contributed by atoms with van der Waals surface area (Å²) in [6, 6.07) is 5.98. The summed E-state index contributed by atoms with van der Waals surface area (Å²) in [5, 5.41) is 2.98. The standard InChI is InChI=1S/C12H11NO2S/c1-5-14-10-3-2-9(8-11(10)15-6-1)12-13-4-7-16-12/h2-4,7-8H,1,5-6H2. The van der Waals surface area contributed by atoms with Gasteiger partial charge in [0.15, 0.2) is 11.5 Å². The Bertz CT molecular complexity index is 482. The highest BCUT2D eigenvalue weighted by Gasteiger charge is 2.11. The smallest absolute Gasteiger partial charge is 0.161 e. The highest BCUT2D eigenvalue weighted by Crippen LogP contribution is 2.34. The fraction of sp³-hybridized carbons (Fsp3) is 0.250. The summed E-state index contributed by atoms with van der Waals surface area (Å²) in [6.07, 6.45) is 2.74. The molecule has 16 heavy (non-hydrogen) atoms. The van der Waals surface area contributed by atoms with Crippen LogP contribution in [0, 0.1) is 0 Å². The number of hydrogen-bond acceptors (Lipinski definition) is 4. The summed E-state index contributed by atoms with van der Waals surface area (Å²) in [5.41, 5.74) is 1.08. The first-order chi connectivity index (χ1) is 7.93. The molecule has 2 heterocycles. The van der Waals surface area contributed by atoms with Crippen molar-refractivity contribution >= 4 is 11.3 Å². The summed E-state index contributed by atoms with van der Waals surface area (Å²) in [7, 11) is 0. The number of benzene rings is 1. The number of hydrogen-bond donors (Lipinski definition) is 0. The van der Waals surface area contributed by atoms with Crippen LogP contribution in [-0.2, 0) is 0 Å². The van der Waals surface area contributed by atoms with E-state index in [1.165, 1.54) is 0 Å². The van der Waals surface area contributed by atoms with Crippen molar-refractivity contribution < 1.29 is 9.47 Å². The molecule has 3 rings (SSSR count). The molecule has 0 radical (unpaired) electrons. The van der Waals surface area contributed by atoms with Crippen molar-refractivity contribution in [2.75, 3.05) is 13.2 Å². The average molecular weight is 233 g/mol. The number of fused-ring (bicyclic) bond motifs is 1. The lowest BCUT2D eigenvalue weighted by Gasteiger charge is -2.07. The van der Waals surface area contributed by atoms with Crippen molar-refractivity contribution in [3.63, 3.8) is 0 Å². The molecule has 1 aromatic carbocycles. The Balaban J connectivity index is 2.01. The maximum atomic E-state index is 5.64. The van der Waals surface area contributed by atoms with Crippen LogP contribution in [0.5, 0.6) is 11.5 Å². The Hall–Kier alpha value is -1.55. The molecule has 2 aromatic rings. The fourth-order valence-corrected chi connectivity index (χ4v) is 2.30. The number of thiazole rings is 1. The molecule has 0 N–H and O–H groups in total. The van der Waals surface area contributed by atoms with Crippen LogP contribution in [0.3, 0.4) is 0 Å². The highest BCUT2D eigenvalue weighted by molar-refractivity contribution is 7.13. The van der Waals surface area contributed by atoms with Gasteiger partial charge in [-0.3, -0.25) is 0 Å². The quantitative estimate of drug-likeness (QED) is 0.758. The van der Waals surface area contributed by atoms with Crippen molar-refractivity contribution in [2.45, 2.75) is 6.42 Å². The lowest BCUT2D eigenvalue weighted by molar-refractivity contribution is 0.297. The van der Waals surface area contributed by atoms with Gasteiger partial charge in [0.1, 0.15) is 5.01 Å². The van der Waals surface area contributed by atoms with Crippen LogP contribution >= 0.6 is 11.3 Å². The molecule has 1 aliphatic rings. The molecule has 3 nitrogen and oxygen atoms in total. The first kappa shape index (κ1) is 9.66. The van der Waals surface area contributed by atoms with Gasteiger partial charge in [-0.15, -0.1) is 11.3 Å². The lowest BCUT2D eigenvalue weighted by atomic mass is 10.2. The molecule has 4 heteroatoms. The topological polar surface area (TPSA) is 31.4 Å². The predicted octanol–water partition coefficient (Wildman–Crippen LogP) is 2.97. The van der Waals surface area contributed by atoms with E-state index in [0.29, 0.717) is 6.61 Å². The minimum absolute atomic E-state index is 0.717. The third kappa shape index (κ3) is 1.76. The second-order valence-corrected chi connectivity index (χ2v) is 4.44. The maximum absolute atomic E-state index is 5.64. The van der Waals surface area contributed by atoms with Crippen LogP contribution < -0.4 is 9.47 Å². The van der Waals surface area contributed by atoms with Crippen LogP contribution in [-0.4, -0.2) is 18.2 Å². The van der Waals surface area contributed by atoms with E-state index in [1.54, 1.807) is 11.3 Å². The number of aromatic nitrogens is 1. The molecular weight excluding hydrogens is 222 g/mol. The highest BCUT2D eigenvalue weighted by atomic mass is 32.1. The molecular formula is C12H11NO2S. The Kier molecular flexibility index (Phi) is 2.50. The van der Waals surface area contributed by atoms with Gasteiger partial charge in [0.2, 0.25) is 0 Å². The van der Waals surface area contributed by atoms with Crippen molar-refractivity contribution in [2.24, 2.45) is 0 Å². The summed E-state index contributed by atoms with van der Waals surface area (Å²) in [6.45, 7) is 1.44. The molecule has 0 bridgehead atoms. The Morgan fingerprint density at radius 1 is 1.12 bits per heavy atom. The summed E-state index contributed by atoms with van der Waals surface area (Å²) in [4.78, 5) is 4.28. The van der Waals surface area contributed by atoms with Crippen LogP contribution in [0.25, 0.3) is 10.6 Å². The van der Waals surface area contributed by atoms with E-state index in [1.807, 2.05) is 29.8 Å². The second-order valence-electron chi connectivity index (χ2n) is 3.55. The van der Waals surface area contributed by atoms with E-state index in [4.69, 9.17) is 9.47 Å². The van der Waals surface area contributed by atoms with Gasteiger partial charge in [0.25, 0.3) is 0 Å². The zero-order chi connectivity index (χ0) is 10.8. The van der Waals surface area contributed by atoms with E-state index in [0.717, 1.165) is 35.1 Å². The van der Waals surface area contributed by atoms with Crippen molar-refractivity contribution in [1.82, 2.24) is 4.98 Å². The van der Waals surface area contributed by atoms with Gasteiger partial charge >= 0.3 is 0 Å². The first-order valence-corrected chi connectivity index (χ1v) is 6.11. The van der Waals surface area contributed by atoms with E-state index < -0.39 is 0 Å². The molecule has 0 spiro atoms. The summed E-state index contributed by atoms with van der Waals surface area (Å²) >= 11 is 1.62. The lowest BCUT2D eigenvalue weighted by Crippen LogP contribution is -1.97. The molecule has 0 amide bonds. The summed E-state index contributed by atoms with van der Waals surface area (Å²) in [5.74, 6) is 1.66. The molecule has 0 aliphatic carbocycles. The minimum atomic E-state index is 0.717. The molecule has 1 aromatic heterocycles. The van der Waals surface area contributed by atoms with E-state index >= 15 is 0 Å². The van der Waals surface area contributed by atoms with Gasteiger partial charge in [-0.2, -0.15) is 0 Å². The third-order valence-electron chi connectivity index (χ3n) is 2.43. The number of ether oxygens (including phenoxy) is 2. The molecule has 82 valence electrons. The average Bonchev–Trinajstić information content (AvgIpc) is 2.74. The van der Waals surface area contributed by atoms with Gasteiger partial charge in [-0.1, -0.05) is 0 Å². The Morgan fingerprint density at radius 3 is 2.81 bits per heavy atom. The number of rotatable bonds is 1. The number of nitrogens with zero attached hydrogens (tertiary/aromatic N) is 1. The predicted molar refractivity (Wildman–Crippen MR) is 63.2 cm³/mol. The SMILES string of the molecule is c1csc(-c2ccc3c(c2)OCCCO3)n1. The molecule has 0 saturated heterocycles. The molecule has 0 saturated carbocycles. The minimum Gasteiger partial charge on any atom is -0.490 e. The second kappa shape index (κ2) is 4.14. The van der Waals surface area contributed by atoms with Gasteiger partial charge in [0.05, 0.1) is 13.2 Å². The van der Waals surface area contributed by atoms with Crippen LogP contribution in [0.1, 0.15) is 6.42 Å². The zero-order valence-electron chi connectivity index (χ0n) is 8.68. The van der Waals surface area contributed by atoms with Crippen molar-refractivity contribution in [3.8, 4) is 22.1 Å². The molecule has 1 aliphatic heterocycles. The van der Waals surface area contributed by atoms with E-state index in [2.05, 4.69) is 4.98 Å². The fourth-order valence-electron chi connectivity index (χ4n) is 1.66. The van der Waals surface area contributed by atoms with Crippen LogP contribution in [0.2, 0.25) is 0 Å². The van der Waals surface area contributed by atoms with Crippen LogP contribution in [0.15, 0.2) is 29.8 Å². The van der Waals surface area contributed by atoms with Crippen LogP contribution in [0.4, 0.5) is 0 Å². The van der Waals surface area contributed by atoms with Gasteiger partial charge in [0, 0.05) is 23.6 Å². The van der Waals surface area contributed by atoms with E-state index in [-0.39, 0.29) is 0 Å². The zero-order valence-corrected chi connectivity index (χ0v) is 9.50. The monoisotopic (exact) mass is 233 g/mol. The maximum Gasteiger partial charge on any atom is 0.161 e. The Labute approximate surface area is 97.7 Å². The Morgan fingerprint density at radius 2 is 2.00 bits per heavy atom. The van der Waals surface area contributed by atoms with Gasteiger partial charge in [-0.25, -0.2) is 4.98 Å². The molecule has 0 fully saturated rings. The summed E-state index contributed by atoms with van der Waals surface area (Å²) < 4.78 is 11.2. The first-order valence-electron chi connectivity index (χ1n) is 5.23. The van der Waals surface area contributed by atoms with Crippen molar-refractivity contribution in [3.05, 3.63) is 29.8 Å². The van der Waals surface area contributed by atoms with E-state index in [9.17, 15) is 0 Å². The third-order valence-corrected chi connectivity index (χ3v) is 3.25. The normalized spacial score (nSPS) is 14.5. The van der Waals surface area contributed by atoms with Crippen molar-refractivity contribution in [1.29, 1.82) is 0 Å². The van der Waals surface area contributed by atoms with Gasteiger partial charge < -0.3 is 9.47 Å². The van der Waals surface area contributed by atoms with Gasteiger partial charge in [-0.05, 0) is 18.2 Å². The molecule has 0 unspecified atom stereocenters.